The van der Waals surface area contributed by atoms with Crippen LogP contribution in [0.5, 0.6) is 5.75 Å². The standard InChI is InChI=1S/C10H13ClFNO2/c1-6-5-7(3-4-15-13)9(12)10(14-2)8(6)11/h5H,3-4,13H2,1-2H3. The van der Waals surface area contributed by atoms with Gasteiger partial charge in [0.05, 0.1) is 18.7 Å². The van der Waals surface area contributed by atoms with E-state index in [9.17, 15) is 4.39 Å². The second-order valence-corrected chi connectivity index (χ2v) is 3.51. The summed E-state index contributed by atoms with van der Waals surface area (Å²) in [4.78, 5) is 4.40. The molecule has 1 rings (SSSR count). The maximum Gasteiger partial charge on any atom is 0.173 e. The Morgan fingerprint density at radius 3 is 2.73 bits per heavy atom. The minimum atomic E-state index is -0.454. The summed E-state index contributed by atoms with van der Waals surface area (Å²) in [6, 6.07) is 1.67. The van der Waals surface area contributed by atoms with Crippen molar-refractivity contribution < 1.29 is 14.0 Å². The molecule has 0 fully saturated rings. The van der Waals surface area contributed by atoms with Crippen LogP contribution in [0.15, 0.2) is 6.07 Å². The number of aryl methyl sites for hydroxylation is 1. The third-order valence-electron chi connectivity index (χ3n) is 2.11. The minimum Gasteiger partial charge on any atom is -0.492 e. The van der Waals surface area contributed by atoms with Crippen molar-refractivity contribution in [2.24, 2.45) is 5.90 Å². The summed E-state index contributed by atoms with van der Waals surface area (Å²) in [6.07, 6.45) is 0.386. The highest BCUT2D eigenvalue weighted by atomic mass is 35.5. The zero-order valence-corrected chi connectivity index (χ0v) is 9.40. The number of benzene rings is 1. The normalized spacial score (nSPS) is 10.5. The van der Waals surface area contributed by atoms with E-state index in [4.69, 9.17) is 22.2 Å². The van der Waals surface area contributed by atoms with Gasteiger partial charge in [0.1, 0.15) is 0 Å². The lowest BCUT2D eigenvalue weighted by molar-refractivity contribution is 0.140. The van der Waals surface area contributed by atoms with Gasteiger partial charge in [0, 0.05) is 6.42 Å². The molecule has 0 aromatic heterocycles. The zero-order chi connectivity index (χ0) is 11.4. The van der Waals surface area contributed by atoms with Crippen LogP contribution < -0.4 is 10.6 Å². The van der Waals surface area contributed by atoms with E-state index in [-0.39, 0.29) is 12.4 Å². The number of hydrogen-bond donors (Lipinski definition) is 1. The summed E-state index contributed by atoms with van der Waals surface area (Å²) >= 11 is 5.88. The topological polar surface area (TPSA) is 44.5 Å². The van der Waals surface area contributed by atoms with Crippen molar-refractivity contribution in [3.63, 3.8) is 0 Å². The van der Waals surface area contributed by atoms with Crippen LogP contribution in [-0.2, 0) is 11.3 Å². The van der Waals surface area contributed by atoms with Gasteiger partial charge in [-0.2, -0.15) is 0 Å². The molecule has 1 aromatic rings. The van der Waals surface area contributed by atoms with E-state index in [1.807, 2.05) is 0 Å². The molecule has 0 aliphatic rings. The fraction of sp³-hybridized carbons (Fsp3) is 0.400. The van der Waals surface area contributed by atoms with Gasteiger partial charge < -0.3 is 9.57 Å². The molecule has 0 saturated heterocycles. The predicted molar refractivity (Wildman–Crippen MR) is 56.5 cm³/mol. The smallest absolute Gasteiger partial charge is 0.173 e. The molecular weight excluding hydrogens is 221 g/mol. The molecule has 0 radical (unpaired) electrons. The van der Waals surface area contributed by atoms with E-state index in [2.05, 4.69) is 4.84 Å². The molecule has 0 aliphatic heterocycles. The van der Waals surface area contributed by atoms with E-state index in [1.54, 1.807) is 13.0 Å². The molecule has 15 heavy (non-hydrogen) atoms. The molecular formula is C10H13ClFNO2. The third kappa shape index (κ3) is 2.59. The summed E-state index contributed by atoms with van der Waals surface area (Å²) in [7, 11) is 1.38. The Balaban J connectivity index is 3.12. The van der Waals surface area contributed by atoms with Gasteiger partial charge in [0.15, 0.2) is 11.6 Å². The van der Waals surface area contributed by atoms with Crippen molar-refractivity contribution in [2.75, 3.05) is 13.7 Å². The zero-order valence-electron chi connectivity index (χ0n) is 8.64. The first-order chi connectivity index (χ1) is 7.11. The van der Waals surface area contributed by atoms with Crippen LogP contribution >= 0.6 is 11.6 Å². The van der Waals surface area contributed by atoms with E-state index in [0.29, 0.717) is 17.0 Å². The second-order valence-electron chi connectivity index (χ2n) is 3.13. The minimum absolute atomic E-state index is 0.0729. The number of nitrogens with two attached hydrogens (primary N) is 1. The Bertz CT molecular complexity index is 358. The Labute approximate surface area is 92.9 Å². The third-order valence-corrected chi connectivity index (χ3v) is 2.58. The first kappa shape index (κ1) is 12.2. The van der Waals surface area contributed by atoms with Gasteiger partial charge in [-0.05, 0) is 18.1 Å². The lowest BCUT2D eigenvalue weighted by Crippen LogP contribution is -2.06. The maximum absolute atomic E-state index is 13.7. The molecule has 84 valence electrons. The van der Waals surface area contributed by atoms with Gasteiger partial charge in [-0.3, -0.25) is 0 Å². The van der Waals surface area contributed by atoms with Crippen LogP contribution in [0.25, 0.3) is 0 Å². The van der Waals surface area contributed by atoms with E-state index in [1.165, 1.54) is 7.11 Å². The van der Waals surface area contributed by atoms with Crippen LogP contribution in [-0.4, -0.2) is 13.7 Å². The van der Waals surface area contributed by atoms with Crippen LogP contribution in [0, 0.1) is 12.7 Å². The Kier molecular flexibility index (Phi) is 4.32. The number of hydrogen-bond acceptors (Lipinski definition) is 3. The van der Waals surface area contributed by atoms with E-state index < -0.39 is 5.82 Å². The number of methoxy groups -OCH3 is 1. The summed E-state index contributed by atoms with van der Waals surface area (Å²) in [5, 5.41) is 0.299. The Morgan fingerprint density at radius 2 is 2.20 bits per heavy atom. The molecule has 0 heterocycles. The highest BCUT2D eigenvalue weighted by Crippen LogP contribution is 2.33. The van der Waals surface area contributed by atoms with E-state index in [0.717, 1.165) is 5.56 Å². The Morgan fingerprint density at radius 1 is 1.53 bits per heavy atom. The highest BCUT2D eigenvalue weighted by Gasteiger charge is 2.15. The second kappa shape index (κ2) is 5.30. The molecule has 0 unspecified atom stereocenters. The van der Waals surface area contributed by atoms with Crippen molar-refractivity contribution >= 4 is 11.6 Å². The van der Waals surface area contributed by atoms with Gasteiger partial charge in [-0.25, -0.2) is 10.3 Å². The summed E-state index contributed by atoms with van der Waals surface area (Å²) < 4.78 is 18.6. The summed E-state index contributed by atoms with van der Waals surface area (Å²) in [6.45, 7) is 2.04. The summed E-state index contributed by atoms with van der Waals surface area (Å²) in [5.74, 6) is 4.50. The average Bonchev–Trinajstić information content (AvgIpc) is 2.22. The van der Waals surface area contributed by atoms with Crippen LogP contribution in [0.1, 0.15) is 11.1 Å². The van der Waals surface area contributed by atoms with Gasteiger partial charge in [0.2, 0.25) is 0 Å². The van der Waals surface area contributed by atoms with Crippen molar-refractivity contribution in [2.45, 2.75) is 13.3 Å². The number of rotatable bonds is 4. The first-order valence-corrected chi connectivity index (χ1v) is 4.82. The first-order valence-electron chi connectivity index (χ1n) is 4.45. The fourth-order valence-corrected chi connectivity index (χ4v) is 1.55. The predicted octanol–water partition coefficient (Wildman–Crippen LogP) is 2.23. The molecule has 0 bridgehead atoms. The molecule has 5 heteroatoms. The lowest BCUT2D eigenvalue weighted by atomic mass is 10.1. The van der Waals surface area contributed by atoms with Gasteiger partial charge in [0.25, 0.3) is 0 Å². The van der Waals surface area contributed by atoms with Gasteiger partial charge in [-0.15, -0.1) is 0 Å². The fourth-order valence-electron chi connectivity index (χ4n) is 1.34. The number of halogens is 2. The van der Waals surface area contributed by atoms with Crippen molar-refractivity contribution in [3.8, 4) is 5.75 Å². The van der Waals surface area contributed by atoms with Crippen LogP contribution in [0.4, 0.5) is 4.39 Å². The molecule has 3 nitrogen and oxygen atoms in total. The van der Waals surface area contributed by atoms with Crippen molar-refractivity contribution in [3.05, 3.63) is 28.0 Å². The molecule has 0 saturated carbocycles. The van der Waals surface area contributed by atoms with Gasteiger partial charge in [-0.1, -0.05) is 17.7 Å². The van der Waals surface area contributed by atoms with Gasteiger partial charge >= 0.3 is 0 Å². The molecule has 0 atom stereocenters. The van der Waals surface area contributed by atoms with E-state index >= 15 is 0 Å². The van der Waals surface area contributed by atoms with Crippen molar-refractivity contribution in [1.29, 1.82) is 0 Å². The monoisotopic (exact) mass is 233 g/mol. The molecule has 0 spiro atoms. The number of ether oxygens (including phenoxy) is 1. The lowest BCUT2D eigenvalue weighted by Gasteiger charge is -2.11. The van der Waals surface area contributed by atoms with Crippen LogP contribution in [0.2, 0.25) is 5.02 Å². The molecule has 2 N–H and O–H groups in total. The highest BCUT2D eigenvalue weighted by molar-refractivity contribution is 6.32. The molecule has 0 amide bonds. The molecule has 1 aromatic carbocycles. The summed E-state index contributed by atoms with van der Waals surface area (Å²) in [5.41, 5.74) is 1.25. The maximum atomic E-state index is 13.7. The largest absolute Gasteiger partial charge is 0.492 e. The Hall–Kier alpha value is -0.840. The van der Waals surface area contributed by atoms with Crippen LogP contribution in [0.3, 0.4) is 0 Å². The SMILES string of the molecule is COc1c(F)c(CCON)cc(C)c1Cl. The quantitative estimate of drug-likeness (QED) is 0.812. The average molecular weight is 234 g/mol. The van der Waals surface area contributed by atoms with Crippen molar-refractivity contribution in [1.82, 2.24) is 0 Å². The molecule has 0 aliphatic carbocycles.